The molecular weight excluding hydrogens is 320 g/mol. The van der Waals surface area contributed by atoms with Crippen LogP contribution in [-0.4, -0.2) is 17.7 Å². The van der Waals surface area contributed by atoms with E-state index in [0.717, 1.165) is 18.9 Å². The number of anilines is 2. The first-order valence-electron chi connectivity index (χ1n) is 9.38. The first-order valence-corrected chi connectivity index (χ1v) is 9.38. The maximum atomic E-state index is 9.66. The summed E-state index contributed by atoms with van der Waals surface area (Å²) < 4.78 is 2.10. The zero-order valence-electron chi connectivity index (χ0n) is 15.0. The lowest BCUT2D eigenvalue weighted by molar-refractivity contribution is 0.717. The molecule has 26 heavy (non-hydrogen) atoms. The fraction of sp³-hybridized carbons (Fsp3) is 0.318. The van der Waals surface area contributed by atoms with Crippen LogP contribution < -0.4 is 10.6 Å². The van der Waals surface area contributed by atoms with Gasteiger partial charge in [-0.15, -0.1) is 0 Å². The Morgan fingerprint density at radius 3 is 2.46 bits per heavy atom. The van der Waals surface area contributed by atoms with Crippen molar-refractivity contribution in [2.75, 3.05) is 23.7 Å². The molecule has 1 fully saturated rings. The normalized spacial score (nSPS) is 15.0. The van der Waals surface area contributed by atoms with Crippen LogP contribution >= 0.6 is 0 Å². The summed E-state index contributed by atoms with van der Waals surface area (Å²) in [6.07, 6.45) is 4.90. The minimum atomic E-state index is 0.634. The molecule has 0 aliphatic carbocycles. The number of hydrogen-bond donors (Lipinski definition) is 1. The molecule has 0 amide bonds. The lowest BCUT2D eigenvalue weighted by Gasteiger charge is -2.25. The Morgan fingerprint density at radius 2 is 1.69 bits per heavy atom. The molecule has 1 saturated heterocycles. The van der Waals surface area contributed by atoms with E-state index in [1.165, 1.54) is 42.0 Å². The molecule has 2 heterocycles. The minimum Gasteiger partial charge on any atom is -0.396 e. The molecular formula is C22H24N4. The van der Waals surface area contributed by atoms with Crippen molar-refractivity contribution in [1.29, 1.82) is 5.26 Å². The van der Waals surface area contributed by atoms with E-state index in [9.17, 15) is 5.26 Å². The summed E-state index contributed by atoms with van der Waals surface area (Å²) in [5.74, 6) is 1.01. The monoisotopic (exact) mass is 344 g/mol. The quantitative estimate of drug-likeness (QED) is 0.760. The number of benzene rings is 2. The standard InChI is InChI=1S/C22H24N4/c23-15-19-14-21(24)22(25-12-5-1-2-6-13-25)26(19)16-18-10-7-9-17-8-3-4-11-20(17)18/h3-4,7-11,14H,1-2,5-6,12-13,16,24H2. The van der Waals surface area contributed by atoms with Crippen molar-refractivity contribution in [2.24, 2.45) is 0 Å². The van der Waals surface area contributed by atoms with Crippen molar-refractivity contribution < 1.29 is 0 Å². The van der Waals surface area contributed by atoms with Gasteiger partial charge in [-0.3, -0.25) is 0 Å². The van der Waals surface area contributed by atoms with Crippen molar-refractivity contribution in [3.63, 3.8) is 0 Å². The van der Waals surface area contributed by atoms with Crippen LogP contribution in [0.2, 0.25) is 0 Å². The number of nitriles is 1. The summed E-state index contributed by atoms with van der Waals surface area (Å²) in [6, 6.07) is 18.9. The van der Waals surface area contributed by atoms with Crippen molar-refractivity contribution in [1.82, 2.24) is 4.57 Å². The molecule has 3 aromatic rings. The zero-order valence-corrected chi connectivity index (χ0v) is 15.0. The average Bonchev–Trinajstić information content (AvgIpc) is 2.84. The topological polar surface area (TPSA) is 58.0 Å². The van der Waals surface area contributed by atoms with Gasteiger partial charge in [0.2, 0.25) is 0 Å². The van der Waals surface area contributed by atoms with Gasteiger partial charge in [0.25, 0.3) is 0 Å². The molecule has 0 bridgehead atoms. The van der Waals surface area contributed by atoms with Gasteiger partial charge in [0, 0.05) is 13.1 Å². The number of hydrogen-bond acceptors (Lipinski definition) is 3. The van der Waals surface area contributed by atoms with E-state index in [1.807, 2.05) is 6.07 Å². The van der Waals surface area contributed by atoms with Crippen LogP contribution in [0.25, 0.3) is 10.8 Å². The van der Waals surface area contributed by atoms with Crippen molar-refractivity contribution in [3.8, 4) is 6.07 Å². The van der Waals surface area contributed by atoms with E-state index in [2.05, 4.69) is 58.0 Å². The van der Waals surface area contributed by atoms with Crippen LogP contribution in [-0.2, 0) is 6.54 Å². The van der Waals surface area contributed by atoms with Gasteiger partial charge in [0.1, 0.15) is 17.6 Å². The summed E-state index contributed by atoms with van der Waals surface area (Å²) in [6.45, 7) is 2.68. The number of nitrogen functional groups attached to an aromatic ring is 1. The Balaban J connectivity index is 1.79. The molecule has 0 unspecified atom stereocenters. The lowest BCUT2D eigenvalue weighted by Crippen LogP contribution is -2.27. The molecule has 0 atom stereocenters. The summed E-state index contributed by atoms with van der Waals surface area (Å²) in [5, 5.41) is 12.1. The van der Waals surface area contributed by atoms with E-state index in [1.54, 1.807) is 0 Å². The predicted octanol–water partition coefficient (Wildman–Crippen LogP) is 4.52. The second-order valence-corrected chi connectivity index (χ2v) is 7.05. The van der Waals surface area contributed by atoms with Gasteiger partial charge in [-0.2, -0.15) is 5.26 Å². The number of nitrogens with zero attached hydrogens (tertiary/aromatic N) is 3. The summed E-state index contributed by atoms with van der Waals surface area (Å²) >= 11 is 0. The predicted molar refractivity (Wildman–Crippen MR) is 107 cm³/mol. The van der Waals surface area contributed by atoms with Crippen molar-refractivity contribution in [2.45, 2.75) is 32.2 Å². The first kappa shape index (κ1) is 16.5. The van der Waals surface area contributed by atoms with Gasteiger partial charge in [-0.1, -0.05) is 55.3 Å². The van der Waals surface area contributed by atoms with Crippen LogP contribution in [0, 0.1) is 11.3 Å². The summed E-state index contributed by atoms with van der Waals surface area (Å²) in [7, 11) is 0. The molecule has 1 aromatic heterocycles. The molecule has 0 spiro atoms. The third-order valence-electron chi connectivity index (χ3n) is 5.33. The molecule has 2 aromatic carbocycles. The number of rotatable bonds is 3. The highest BCUT2D eigenvalue weighted by Gasteiger charge is 2.20. The molecule has 4 nitrogen and oxygen atoms in total. The second-order valence-electron chi connectivity index (χ2n) is 7.05. The van der Waals surface area contributed by atoms with Gasteiger partial charge in [-0.05, 0) is 35.2 Å². The summed E-state index contributed by atoms with van der Waals surface area (Å²) in [4.78, 5) is 2.37. The van der Waals surface area contributed by atoms with Crippen molar-refractivity contribution in [3.05, 3.63) is 59.8 Å². The first-order chi connectivity index (χ1) is 12.8. The molecule has 132 valence electrons. The van der Waals surface area contributed by atoms with Crippen LogP contribution in [0.3, 0.4) is 0 Å². The van der Waals surface area contributed by atoms with Crippen molar-refractivity contribution >= 4 is 22.3 Å². The smallest absolute Gasteiger partial charge is 0.133 e. The highest BCUT2D eigenvalue weighted by atomic mass is 15.3. The SMILES string of the molecule is N#Cc1cc(N)c(N2CCCCCC2)n1Cc1cccc2ccccc12. The third kappa shape index (κ3) is 3.01. The van der Waals surface area contributed by atoms with E-state index in [0.29, 0.717) is 17.9 Å². The van der Waals surface area contributed by atoms with E-state index < -0.39 is 0 Å². The number of aromatic nitrogens is 1. The highest BCUT2D eigenvalue weighted by Crippen LogP contribution is 2.32. The Kier molecular flexibility index (Phi) is 4.53. The third-order valence-corrected chi connectivity index (χ3v) is 5.33. The van der Waals surface area contributed by atoms with Crippen LogP contribution in [0.15, 0.2) is 48.5 Å². The second kappa shape index (κ2) is 7.13. The maximum Gasteiger partial charge on any atom is 0.133 e. The molecule has 4 rings (SSSR count). The molecule has 0 radical (unpaired) electrons. The average molecular weight is 344 g/mol. The Labute approximate surface area is 154 Å². The maximum absolute atomic E-state index is 9.66. The van der Waals surface area contributed by atoms with E-state index in [-0.39, 0.29) is 0 Å². The Bertz CT molecular complexity index is 951. The van der Waals surface area contributed by atoms with Gasteiger partial charge >= 0.3 is 0 Å². The largest absolute Gasteiger partial charge is 0.396 e. The molecule has 0 saturated carbocycles. The fourth-order valence-corrected chi connectivity index (χ4v) is 4.05. The molecule has 2 N–H and O–H groups in total. The minimum absolute atomic E-state index is 0.634. The summed E-state index contributed by atoms with van der Waals surface area (Å²) in [5.41, 5.74) is 8.91. The van der Waals surface area contributed by atoms with E-state index >= 15 is 0 Å². The van der Waals surface area contributed by atoms with Gasteiger partial charge < -0.3 is 15.2 Å². The molecule has 4 heteroatoms. The Morgan fingerprint density at radius 1 is 0.962 bits per heavy atom. The van der Waals surface area contributed by atoms with Crippen LogP contribution in [0.5, 0.6) is 0 Å². The molecule has 1 aliphatic heterocycles. The fourth-order valence-electron chi connectivity index (χ4n) is 4.05. The van der Waals surface area contributed by atoms with Crippen LogP contribution in [0.4, 0.5) is 11.5 Å². The van der Waals surface area contributed by atoms with Crippen LogP contribution in [0.1, 0.15) is 36.9 Å². The number of fused-ring (bicyclic) bond motifs is 1. The zero-order chi connectivity index (χ0) is 17.9. The highest BCUT2D eigenvalue weighted by molar-refractivity contribution is 5.85. The van der Waals surface area contributed by atoms with Gasteiger partial charge in [0.15, 0.2) is 0 Å². The van der Waals surface area contributed by atoms with E-state index in [4.69, 9.17) is 5.73 Å². The lowest BCUT2D eigenvalue weighted by atomic mass is 10.0. The van der Waals surface area contributed by atoms with Gasteiger partial charge in [0.05, 0.1) is 12.2 Å². The molecule has 1 aliphatic rings. The Hall–Kier alpha value is -2.93. The van der Waals surface area contributed by atoms with Gasteiger partial charge in [-0.25, -0.2) is 0 Å². The number of nitrogens with two attached hydrogens (primary N) is 1.